The molecule has 0 atom stereocenters. The Hall–Kier alpha value is -3.51. The minimum Gasteiger partial charge on any atom is -0.293 e. The van der Waals surface area contributed by atoms with Crippen molar-refractivity contribution in [2.24, 2.45) is 15.4 Å². The number of primary sulfonamides is 1. The molecule has 1 aromatic heterocycles. The molecule has 0 saturated heterocycles. The second kappa shape index (κ2) is 11.1. The van der Waals surface area contributed by atoms with E-state index in [2.05, 4.69) is 24.7 Å². The number of nitrogens with zero attached hydrogens (tertiary/aromatic N) is 3. The highest BCUT2D eigenvalue weighted by Gasteiger charge is 2.23. The fraction of sp³-hybridized carbons (Fsp3) is 0.0500. The minimum atomic E-state index is -5.00. The summed E-state index contributed by atoms with van der Waals surface area (Å²) >= 11 is 0.318. The number of aryl methyl sites for hydroxylation is 1. The molecule has 0 unspecified atom stereocenters. The van der Waals surface area contributed by atoms with Gasteiger partial charge in [0.1, 0.15) is 15.5 Å². The van der Waals surface area contributed by atoms with E-state index in [-0.39, 0.29) is 37.6 Å². The van der Waals surface area contributed by atoms with Crippen molar-refractivity contribution in [3.05, 3.63) is 64.6 Å². The maximum absolute atomic E-state index is 13.0. The highest BCUT2D eigenvalue weighted by atomic mass is 32.2. The van der Waals surface area contributed by atoms with Crippen LogP contribution in [0.5, 0.6) is 0 Å². The summed E-state index contributed by atoms with van der Waals surface area (Å²) in [6.45, 7) is 1.43. The summed E-state index contributed by atoms with van der Waals surface area (Å²) in [4.78, 5) is 11.2. The Morgan fingerprint density at radius 3 is 2.12 bits per heavy atom. The summed E-state index contributed by atoms with van der Waals surface area (Å²) in [7, 11) is -13.9. The summed E-state index contributed by atoms with van der Waals surface area (Å²) in [5, 5.41) is 26.8. The second-order valence-corrected chi connectivity index (χ2v) is 13.2. The first-order valence-corrected chi connectivity index (χ1v) is 15.8. The lowest BCUT2D eigenvalue weighted by molar-refractivity contribution is -0.432. The molecule has 17 nitrogen and oxygen atoms in total. The van der Waals surface area contributed by atoms with Crippen LogP contribution in [0.25, 0.3) is 16.5 Å². The summed E-state index contributed by atoms with van der Waals surface area (Å²) < 4.78 is 96.2. The quantitative estimate of drug-likeness (QED) is 0.0575. The van der Waals surface area contributed by atoms with Crippen LogP contribution in [0.2, 0.25) is 0 Å². The number of fused-ring (bicyclic) bond motifs is 1. The van der Waals surface area contributed by atoms with Crippen LogP contribution in [0.4, 0.5) is 11.4 Å². The largest absolute Gasteiger partial charge is 0.299 e. The first-order chi connectivity index (χ1) is 19.0. The van der Waals surface area contributed by atoms with Gasteiger partial charge in [-0.05, 0) is 60.8 Å². The summed E-state index contributed by atoms with van der Waals surface area (Å²) in [5.74, 6) is 0. The lowest BCUT2D eigenvalue weighted by Gasteiger charge is -2.10. The van der Waals surface area contributed by atoms with E-state index in [1.54, 1.807) is 0 Å². The standard InChI is InChI=1S/C20H17N5O12S4/c1-10-19(20(26)25(24-10)12-2-4-14(5-3-12)39(21,28)29)23-22-16-9-15-11(7-18(16)41(33,34)35)6-13(38-37-36-27)8-17(15)40(30,31)32/h2-9,24,27H,1H3,(H2,21,28,29)(H,30,31,32)(H,33,34,35). The average Bonchev–Trinajstić information content (AvgIpc) is 3.16. The van der Waals surface area contributed by atoms with Crippen molar-refractivity contribution >= 4 is 64.4 Å². The molecule has 0 fully saturated rings. The number of hydrogen-bond donors (Lipinski definition) is 5. The van der Waals surface area contributed by atoms with Gasteiger partial charge in [-0.1, -0.05) is 5.04 Å². The Morgan fingerprint density at radius 1 is 0.927 bits per heavy atom. The second-order valence-electron chi connectivity index (χ2n) is 8.10. The first-order valence-electron chi connectivity index (χ1n) is 10.6. The third-order valence-corrected chi connectivity index (χ3v) is 8.67. The Labute approximate surface area is 234 Å². The van der Waals surface area contributed by atoms with E-state index in [4.69, 9.17) is 10.4 Å². The number of hydrogen-bond acceptors (Lipinski definition) is 13. The monoisotopic (exact) mass is 647 g/mol. The summed E-state index contributed by atoms with van der Waals surface area (Å²) in [5.41, 5.74) is -1.35. The van der Waals surface area contributed by atoms with Gasteiger partial charge in [-0.3, -0.25) is 19.0 Å². The molecule has 0 aliphatic heterocycles. The molecule has 0 amide bonds. The normalized spacial score (nSPS) is 12.9. The predicted octanol–water partition coefficient (Wildman–Crippen LogP) is 2.61. The van der Waals surface area contributed by atoms with Gasteiger partial charge in [0.15, 0.2) is 5.69 Å². The van der Waals surface area contributed by atoms with Crippen molar-refractivity contribution in [1.29, 1.82) is 0 Å². The molecule has 0 aliphatic carbocycles. The maximum atomic E-state index is 13.0. The van der Waals surface area contributed by atoms with Gasteiger partial charge in [0, 0.05) is 10.3 Å². The molecule has 21 heteroatoms. The van der Waals surface area contributed by atoms with Gasteiger partial charge in [-0.25, -0.2) is 23.5 Å². The zero-order valence-electron chi connectivity index (χ0n) is 20.2. The van der Waals surface area contributed by atoms with Crippen LogP contribution in [0.1, 0.15) is 5.69 Å². The van der Waals surface area contributed by atoms with Gasteiger partial charge >= 0.3 is 0 Å². The number of azo groups is 1. The molecule has 6 N–H and O–H groups in total. The highest BCUT2D eigenvalue weighted by Crippen LogP contribution is 2.37. The molecule has 0 saturated carbocycles. The molecule has 0 spiro atoms. The Kier molecular flexibility index (Phi) is 8.21. The van der Waals surface area contributed by atoms with Crippen LogP contribution in [-0.4, -0.2) is 49.4 Å². The van der Waals surface area contributed by atoms with Crippen LogP contribution in [0, 0.1) is 6.92 Å². The number of sulfonamides is 1. The smallest absolute Gasteiger partial charge is 0.293 e. The van der Waals surface area contributed by atoms with Gasteiger partial charge in [0.05, 0.1) is 28.3 Å². The number of rotatable bonds is 9. The number of nitrogens with two attached hydrogens (primary N) is 1. The Morgan fingerprint density at radius 2 is 1.56 bits per heavy atom. The molecule has 0 aliphatic rings. The number of nitrogens with one attached hydrogen (secondary N) is 1. The maximum Gasteiger partial charge on any atom is 0.299 e. The molecular formula is C20H17N5O12S4. The predicted molar refractivity (Wildman–Crippen MR) is 141 cm³/mol. The van der Waals surface area contributed by atoms with Crippen molar-refractivity contribution in [2.75, 3.05) is 0 Å². The van der Waals surface area contributed by atoms with E-state index in [1.165, 1.54) is 37.3 Å². The fourth-order valence-corrected chi connectivity index (χ4v) is 6.06. The number of benzene rings is 3. The number of H-pyrrole nitrogens is 1. The first kappa shape index (κ1) is 30.4. The van der Waals surface area contributed by atoms with Gasteiger partial charge in [-0.15, -0.1) is 14.6 Å². The average molecular weight is 648 g/mol. The Balaban J connectivity index is 1.87. The van der Waals surface area contributed by atoms with E-state index in [1.807, 2.05) is 0 Å². The van der Waals surface area contributed by atoms with E-state index in [0.717, 1.165) is 22.9 Å². The van der Waals surface area contributed by atoms with E-state index in [0.29, 0.717) is 12.0 Å². The van der Waals surface area contributed by atoms with E-state index < -0.39 is 51.3 Å². The van der Waals surface area contributed by atoms with Crippen LogP contribution >= 0.6 is 12.0 Å². The summed E-state index contributed by atoms with van der Waals surface area (Å²) in [6.07, 6.45) is 0. The molecule has 218 valence electrons. The third kappa shape index (κ3) is 6.54. The van der Waals surface area contributed by atoms with Crippen molar-refractivity contribution in [1.82, 2.24) is 9.78 Å². The summed E-state index contributed by atoms with van der Waals surface area (Å²) in [6, 6.07) is 8.77. The van der Waals surface area contributed by atoms with Gasteiger partial charge in [0.25, 0.3) is 25.8 Å². The van der Waals surface area contributed by atoms with Crippen molar-refractivity contribution < 1.29 is 49.0 Å². The van der Waals surface area contributed by atoms with Crippen LogP contribution in [0.15, 0.2) is 83.1 Å². The van der Waals surface area contributed by atoms with Crippen molar-refractivity contribution in [2.45, 2.75) is 26.5 Å². The zero-order valence-corrected chi connectivity index (χ0v) is 23.5. The van der Waals surface area contributed by atoms with E-state index in [9.17, 15) is 39.2 Å². The van der Waals surface area contributed by atoms with Gasteiger partial charge in [0.2, 0.25) is 10.0 Å². The number of aromatic nitrogens is 2. The fourth-order valence-electron chi connectivity index (χ4n) is 3.65. The highest BCUT2D eigenvalue weighted by molar-refractivity contribution is 7.94. The molecule has 0 bridgehead atoms. The van der Waals surface area contributed by atoms with Crippen molar-refractivity contribution in [3.63, 3.8) is 0 Å². The topological polar surface area (TPSA) is 270 Å². The third-order valence-electron chi connectivity index (χ3n) is 5.41. The molecule has 0 radical (unpaired) electrons. The minimum absolute atomic E-state index is 0.0598. The zero-order chi connectivity index (χ0) is 30.3. The van der Waals surface area contributed by atoms with Crippen LogP contribution < -0.4 is 10.7 Å². The van der Waals surface area contributed by atoms with Crippen LogP contribution in [0.3, 0.4) is 0 Å². The molecule has 3 aromatic carbocycles. The van der Waals surface area contributed by atoms with Crippen molar-refractivity contribution in [3.8, 4) is 5.69 Å². The molecule has 4 aromatic rings. The lowest BCUT2D eigenvalue weighted by Crippen LogP contribution is -2.15. The van der Waals surface area contributed by atoms with E-state index >= 15 is 0 Å². The molecular weight excluding hydrogens is 631 g/mol. The Bertz CT molecular complexity index is 2090. The molecule has 41 heavy (non-hydrogen) atoms. The van der Waals surface area contributed by atoms with Gasteiger partial charge < -0.3 is 0 Å². The SMILES string of the molecule is Cc1[nH]n(-c2ccc(S(N)(=O)=O)cc2)c(=O)c1N=Nc1cc2c(S(=O)(=O)O)cc(SOOO)cc2cc1S(=O)(=O)O. The molecule has 1 heterocycles. The lowest BCUT2D eigenvalue weighted by atomic mass is 10.1. The van der Waals surface area contributed by atoms with Crippen LogP contribution in [-0.2, 0) is 39.6 Å². The van der Waals surface area contributed by atoms with Gasteiger partial charge in [-0.2, -0.15) is 16.8 Å². The number of aromatic amines is 1. The molecule has 4 rings (SSSR count).